The van der Waals surface area contributed by atoms with Crippen LogP contribution in [0.5, 0.6) is 0 Å². The van der Waals surface area contributed by atoms with Crippen molar-refractivity contribution in [2.24, 2.45) is 0 Å². The summed E-state index contributed by atoms with van der Waals surface area (Å²) in [5.41, 5.74) is 0.594. The van der Waals surface area contributed by atoms with E-state index < -0.39 is 0 Å². The van der Waals surface area contributed by atoms with Crippen LogP contribution in [0.1, 0.15) is 25.1 Å². The fourth-order valence-electron chi connectivity index (χ4n) is 1.31. The summed E-state index contributed by atoms with van der Waals surface area (Å²) >= 11 is 0. The zero-order valence-corrected chi connectivity index (χ0v) is 9.67. The van der Waals surface area contributed by atoms with Crippen LogP contribution in [-0.4, -0.2) is 25.9 Å². The van der Waals surface area contributed by atoms with Gasteiger partial charge in [0.05, 0.1) is 6.42 Å². The van der Waals surface area contributed by atoms with Crippen molar-refractivity contribution in [3.05, 3.63) is 24.0 Å². The SMILES string of the molecule is CCC(=O)Cc1nc(-c2ccnc(C)n2)no1. The van der Waals surface area contributed by atoms with E-state index in [2.05, 4.69) is 20.1 Å². The summed E-state index contributed by atoms with van der Waals surface area (Å²) in [6, 6.07) is 1.70. The van der Waals surface area contributed by atoms with E-state index in [0.717, 1.165) is 0 Å². The maximum Gasteiger partial charge on any atom is 0.234 e. The highest BCUT2D eigenvalue weighted by Gasteiger charge is 2.12. The Labute approximate surface area is 98.1 Å². The summed E-state index contributed by atoms with van der Waals surface area (Å²) in [5.74, 6) is 1.41. The summed E-state index contributed by atoms with van der Waals surface area (Å²) in [6.45, 7) is 3.58. The topological polar surface area (TPSA) is 81.8 Å². The number of Topliss-reactive ketones (excluding diaryl/α,β-unsaturated/α-hetero) is 1. The molecule has 0 aliphatic rings. The fraction of sp³-hybridized carbons (Fsp3) is 0.364. The van der Waals surface area contributed by atoms with Gasteiger partial charge in [-0.15, -0.1) is 0 Å². The maximum atomic E-state index is 11.2. The third-order valence-corrected chi connectivity index (χ3v) is 2.22. The number of rotatable bonds is 4. The molecule has 6 nitrogen and oxygen atoms in total. The summed E-state index contributed by atoms with van der Waals surface area (Å²) in [7, 11) is 0. The maximum absolute atomic E-state index is 11.2. The van der Waals surface area contributed by atoms with E-state index in [1.807, 2.05) is 0 Å². The second kappa shape index (κ2) is 4.82. The second-order valence-corrected chi connectivity index (χ2v) is 3.57. The van der Waals surface area contributed by atoms with Crippen molar-refractivity contribution in [2.45, 2.75) is 26.7 Å². The predicted octanol–water partition coefficient (Wildman–Crippen LogP) is 1.36. The van der Waals surface area contributed by atoms with Crippen LogP contribution in [0, 0.1) is 6.92 Å². The first-order chi connectivity index (χ1) is 8.19. The molecule has 2 aromatic rings. The Morgan fingerprint density at radius 2 is 2.24 bits per heavy atom. The van der Waals surface area contributed by atoms with Crippen molar-refractivity contribution in [1.82, 2.24) is 20.1 Å². The number of carbonyl (C=O) groups excluding carboxylic acids is 1. The molecule has 0 radical (unpaired) electrons. The Hall–Kier alpha value is -2.11. The lowest BCUT2D eigenvalue weighted by atomic mass is 10.2. The van der Waals surface area contributed by atoms with Gasteiger partial charge in [0.15, 0.2) is 0 Å². The van der Waals surface area contributed by atoms with Gasteiger partial charge in [0.2, 0.25) is 11.7 Å². The Kier molecular flexibility index (Phi) is 3.22. The molecule has 0 spiro atoms. The Balaban J connectivity index is 2.21. The molecule has 0 aromatic carbocycles. The standard InChI is InChI=1S/C11H12N4O2/c1-3-8(16)6-10-14-11(15-17-10)9-4-5-12-7(2)13-9/h4-5H,3,6H2,1-2H3. The van der Waals surface area contributed by atoms with E-state index in [1.165, 1.54) is 0 Å². The lowest BCUT2D eigenvalue weighted by Crippen LogP contribution is -2.00. The number of aryl methyl sites for hydroxylation is 1. The number of carbonyl (C=O) groups is 1. The molecule has 2 rings (SSSR count). The highest BCUT2D eigenvalue weighted by Crippen LogP contribution is 2.12. The van der Waals surface area contributed by atoms with Crippen LogP contribution in [0.4, 0.5) is 0 Å². The first kappa shape index (κ1) is 11.4. The minimum atomic E-state index is 0.0686. The Bertz CT molecular complexity index is 536. The van der Waals surface area contributed by atoms with E-state index in [9.17, 15) is 4.79 Å². The molecule has 0 saturated heterocycles. The number of aromatic nitrogens is 4. The van der Waals surface area contributed by atoms with Crippen molar-refractivity contribution in [3.63, 3.8) is 0 Å². The molecule has 0 atom stereocenters. The van der Waals surface area contributed by atoms with Crippen molar-refractivity contribution in [3.8, 4) is 11.5 Å². The number of hydrogen-bond donors (Lipinski definition) is 0. The van der Waals surface area contributed by atoms with Gasteiger partial charge in [0.1, 0.15) is 17.3 Å². The van der Waals surface area contributed by atoms with E-state index in [4.69, 9.17) is 4.52 Å². The largest absolute Gasteiger partial charge is 0.338 e. The number of nitrogens with zero attached hydrogens (tertiary/aromatic N) is 4. The van der Waals surface area contributed by atoms with E-state index >= 15 is 0 Å². The van der Waals surface area contributed by atoms with Crippen LogP contribution in [0.2, 0.25) is 0 Å². The summed E-state index contributed by atoms with van der Waals surface area (Å²) in [6.07, 6.45) is 2.27. The quantitative estimate of drug-likeness (QED) is 0.791. The van der Waals surface area contributed by atoms with E-state index in [1.54, 1.807) is 26.1 Å². The van der Waals surface area contributed by atoms with Crippen LogP contribution in [0.3, 0.4) is 0 Å². The molecule has 2 heterocycles. The fourth-order valence-corrected chi connectivity index (χ4v) is 1.31. The van der Waals surface area contributed by atoms with Crippen molar-refractivity contribution in [2.75, 3.05) is 0 Å². The third kappa shape index (κ3) is 2.72. The van der Waals surface area contributed by atoms with Gasteiger partial charge < -0.3 is 4.52 Å². The van der Waals surface area contributed by atoms with Gasteiger partial charge in [-0.1, -0.05) is 12.1 Å². The first-order valence-electron chi connectivity index (χ1n) is 5.33. The molecular formula is C11H12N4O2. The van der Waals surface area contributed by atoms with Gasteiger partial charge in [-0.25, -0.2) is 9.97 Å². The lowest BCUT2D eigenvalue weighted by molar-refractivity contribution is -0.118. The molecule has 17 heavy (non-hydrogen) atoms. The highest BCUT2D eigenvalue weighted by molar-refractivity contribution is 5.79. The van der Waals surface area contributed by atoms with Gasteiger partial charge >= 0.3 is 0 Å². The minimum absolute atomic E-state index is 0.0686. The Morgan fingerprint density at radius 3 is 2.94 bits per heavy atom. The first-order valence-corrected chi connectivity index (χ1v) is 5.33. The third-order valence-electron chi connectivity index (χ3n) is 2.22. The van der Waals surface area contributed by atoms with Crippen LogP contribution in [-0.2, 0) is 11.2 Å². The Morgan fingerprint density at radius 1 is 1.41 bits per heavy atom. The molecule has 0 N–H and O–H groups in total. The van der Waals surface area contributed by atoms with E-state index in [0.29, 0.717) is 29.7 Å². The minimum Gasteiger partial charge on any atom is -0.338 e. The van der Waals surface area contributed by atoms with Gasteiger partial charge in [-0.2, -0.15) is 4.98 Å². The van der Waals surface area contributed by atoms with Crippen LogP contribution < -0.4 is 0 Å². The number of ketones is 1. The zero-order valence-electron chi connectivity index (χ0n) is 9.67. The summed E-state index contributed by atoms with van der Waals surface area (Å²) < 4.78 is 4.99. The van der Waals surface area contributed by atoms with Crippen molar-refractivity contribution in [1.29, 1.82) is 0 Å². The average molecular weight is 232 g/mol. The van der Waals surface area contributed by atoms with Gasteiger partial charge in [-0.3, -0.25) is 4.79 Å². The molecule has 0 unspecified atom stereocenters. The average Bonchev–Trinajstić information content (AvgIpc) is 2.77. The molecule has 0 saturated carbocycles. The lowest BCUT2D eigenvalue weighted by Gasteiger charge is -1.93. The highest BCUT2D eigenvalue weighted by atomic mass is 16.5. The van der Waals surface area contributed by atoms with Crippen molar-refractivity contribution >= 4 is 5.78 Å². The zero-order chi connectivity index (χ0) is 12.3. The van der Waals surface area contributed by atoms with Gasteiger partial charge in [0.25, 0.3) is 0 Å². The molecule has 6 heteroatoms. The van der Waals surface area contributed by atoms with Crippen LogP contribution in [0.25, 0.3) is 11.5 Å². The smallest absolute Gasteiger partial charge is 0.234 e. The van der Waals surface area contributed by atoms with Crippen LogP contribution in [0.15, 0.2) is 16.8 Å². The predicted molar refractivity (Wildman–Crippen MR) is 59.1 cm³/mol. The normalized spacial score (nSPS) is 10.5. The van der Waals surface area contributed by atoms with Gasteiger partial charge in [0, 0.05) is 12.6 Å². The number of hydrogen-bond acceptors (Lipinski definition) is 6. The van der Waals surface area contributed by atoms with Crippen molar-refractivity contribution < 1.29 is 9.32 Å². The molecule has 0 aliphatic carbocycles. The second-order valence-electron chi connectivity index (χ2n) is 3.57. The molecule has 88 valence electrons. The van der Waals surface area contributed by atoms with E-state index in [-0.39, 0.29) is 12.2 Å². The summed E-state index contributed by atoms with van der Waals surface area (Å²) in [4.78, 5) is 23.5. The molecule has 0 amide bonds. The molecule has 2 aromatic heterocycles. The monoisotopic (exact) mass is 232 g/mol. The molecule has 0 aliphatic heterocycles. The molecular weight excluding hydrogens is 220 g/mol. The van der Waals surface area contributed by atoms with Gasteiger partial charge in [-0.05, 0) is 13.0 Å². The molecule has 0 fully saturated rings. The van der Waals surface area contributed by atoms with Crippen LogP contribution >= 0.6 is 0 Å². The molecule has 0 bridgehead atoms. The summed E-state index contributed by atoms with van der Waals surface area (Å²) in [5, 5.41) is 3.79.